The van der Waals surface area contributed by atoms with Gasteiger partial charge in [0, 0.05) is 18.5 Å². The van der Waals surface area contributed by atoms with Gasteiger partial charge in [-0.25, -0.2) is 0 Å². The molecule has 114 valence electrons. The van der Waals surface area contributed by atoms with Crippen molar-refractivity contribution in [3.63, 3.8) is 0 Å². The molecule has 2 N–H and O–H groups in total. The maximum atomic E-state index is 12.6. The van der Waals surface area contributed by atoms with Crippen LogP contribution in [0.3, 0.4) is 0 Å². The lowest BCUT2D eigenvalue weighted by Crippen LogP contribution is -2.57. The second-order valence-corrected chi connectivity index (χ2v) is 6.51. The summed E-state index contributed by atoms with van der Waals surface area (Å²) in [5, 5.41) is 12.6. The molecule has 4 atom stereocenters. The van der Waals surface area contributed by atoms with Crippen LogP contribution in [-0.4, -0.2) is 46.6 Å². The lowest BCUT2D eigenvalue weighted by atomic mass is 9.92. The molecule has 0 aromatic rings. The number of aliphatic hydroxyl groups excluding tert-OH is 1. The fourth-order valence-electron chi connectivity index (χ4n) is 2.92. The van der Waals surface area contributed by atoms with E-state index < -0.39 is 12.1 Å². The van der Waals surface area contributed by atoms with Gasteiger partial charge < -0.3 is 15.3 Å². The molecule has 0 radical (unpaired) electrons. The Morgan fingerprint density at radius 3 is 2.40 bits per heavy atom. The van der Waals surface area contributed by atoms with Crippen molar-refractivity contribution >= 4 is 11.8 Å². The number of carbonyl (C=O) groups is 2. The fraction of sp³-hybridized carbons (Fsp3) is 0.867. The average Bonchev–Trinajstić information content (AvgIpc) is 3.18. The third kappa shape index (κ3) is 3.51. The molecule has 20 heavy (non-hydrogen) atoms. The number of hydrogen-bond acceptors (Lipinski definition) is 3. The monoisotopic (exact) mass is 282 g/mol. The molecule has 1 saturated carbocycles. The van der Waals surface area contributed by atoms with Crippen molar-refractivity contribution in [1.29, 1.82) is 0 Å². The zero-order valence-electron chi connectivity index (χ0n) is 12.6. The van der Waals surface area contributed by atoms with E-state index in [-0.39, 0.29) is 23.8 Å². The van der Waals surface area contributed by atoms with Crippen molar-refractivity contribution < 1.29 is 14.7 Å². The molecular formula is C15H26N2O3. The van der Waals surface area contributed by atoms with Crippen molar-refractivity contribution in [3.05, 3.63) is 0 Å². The summed E-state index contributed by atoms with van der Waals surface area (Å²) in [6, 6.07) is -0.635. The van der Waals surface area contributed by atoms with E-state index in [9.17, 15) is 14.7 Å². The molecule has 5 nitrogen and oxygen atoms in total. The Bertz CT molecular complexity index is 379. The van der Waals surface area contributed by atoms with Crippen LogP contribution in [0.5, 0.6) is 0 Å². The lowest BCUT2D eigenvalue weighted by Gasteiger charge is -2.39. The second kappa shape index (κ2) is 6.12. The summed E-state index contributed by atoms with van der Waals surface area (Å²) in [5.74, 6) is 0.429. The van der Waals surface area contributed by atoms with Gasteiger partial charge in [0.2, 0.25) is 11.8 Å². The van der Waals surface area contributed by atoms with Crippen LogP contribution in [0.4, 0.5) is 0 Å². The minimum Gasteiger partial charge on any atom is -0.391 e. The Labute approximate surface area is 120 Å². The summed E-state index contributed by atoms with van der Waals surface area (Å²) in [6.45, 7) is 6.51. The highest BCUT2D eigenvalue weighted by Gasteiger charge is 2.37. The van der Waals surface area contributed by atoms with E-state index >= 15 is 0 Å². The predicted octanol–water partition coefficient (Wildman–Crippen LogP) is 0.909. The number of amides is 2. The van der Waals surface area contributed by atoms with Gasteiger partial charge in [-0.2, -0.15) is 0 Å². The molecule has 2 rings (SSSR count). The number of aliphatic hydroxyl groups is 1. The number of likely N-dealkylation sites (tertiary alicyclic amines) is 1. The normalized spacial score (nSPS) is 29.7. The molecule has 1 aliphatic heterocycles. The van der Waals surface area contributed by atoms with Crippen LogP contribution in [0.15, 0.2) is 0 Å². The minimum atomic E-state index is -0.864. The van der Waals surface area contributed by atoms with Gasteiger partial charge in [-0.3, -0.25) is 9.59 Å². The third-order valence-corrected chi connectivity index (χ3v) is 4.42. The van der Waals surface area contributed by atoms with Crippen molar-refractivity contribution in [2.75, 3.05) is 6.54 Å². The lowest BCUT2D eigenvalue weighted by molar-refractivity contribution is -0.143. The SMILES string of the molecule is CC1CCN(C(=O)C(NC(=O)C2CC2)C(C)O)C(C)C1. The van der Waals surface area contributed by atoms with E-state index in [1.165, 1.54) is 0 Å². The van der Waals surface area contributed by atoms with Crippen LogP contribution in [0.25, 0.3) is 0 Å². The number of carbonyl (C=O) groups excluding carboxylic acids is 2. The van der Waals surface area contributed by atoms with Gasteiger partial charge in [0.15, 0.2) is 0 Å². The van der Waals surface area contributed by atoms with Gasteiger partial charge in [0.05, 0.1) is 6.10 Å². The van der Waals surface area contributed by atoms with E-state index in [4.69, 9.17) is 0 Å². The van der Waals surface area contributed by atoms with E-state index in [1.807, 2.05) is 11.8 Å². The summed E-state index contributed by atoms with van der Waals surface area (Å²) in [4.78, 5) is 26.2. The standard InChI is InChI=1S/C15H26N2O3/c1-9-6-7-17(10(2)8-9)15(20)13(11(3)18)16-14(19)12-4-5-12/h9-13,18H,4-8H2,1-3H3,(H,16,19). The Morgan fingerprint density at radius 2 is 1.90 bits per heavy atom. The number of piperidine rings is 1. The van der Waals surface area contributed by atoms with Crippen LogP contribution >= 0.6 is 0 Å². The highest BCUT2D eigenvalue weighted by Crippen LogP contribution is 2.29. The zero-order valence-corrected chi connectivity index (χ0v) is 12.6. The molecule has 1 aliphatic carbocycles. The first-order chi connectivity index (χ1) is 9.40. The topological polar surface area (TPSA) is 69.6 Å². The first kappa shape index (κ1) is 15.3. The Hall–Kier alpha value is -1.10. The molecule has 0 bridgehead atoms. The first-order valence-electron chi connectivity index (χ1n) is 7.69. The number of hydrogen-bond donors (Lipinski definition) is 2. The summed E-state index contributed by atoms with van der Waals surface area (Å²) in [7, 11) is 0. The van der Waals surface area contributed by atoms with Crippen LogP contribution in [0.1, 0.15) is 46.5 Å². The quantitative estimate of drug-likeness (QED) is 0.805. The van der Waals surface area contributed by atoms with Crippen LogP contribution < -0.4 is 5.32 Å². The molecule has 5 heteroatoms. The largest absolute Gasteiger partial charge is 0.391 e. The summed E-state index contributed by atoms with van der Waals surface area (Å²) >= 11 is 0. The fourth-order valence-corrected chi connectivity index (χ4v) is 2.92. The molecule has 0 spiro atoms. The molecule has 0 aromatic carbocycles. The van der Waals surface area contributed by atoms with Crippen molar-refractivity contribution in [1.82, 2.24) is 10.2 Å². The van der Waals surface area contributed by atoms with Gasteiger partial charge in [0.25, 0.3) is 0 Å². The third-order valence-electron chi connectivity index (χ3n) is 4.42. The van der Waals surface area contributed by atoms with Crippen LogP contribution in [0.2, 0.25) is 0 Å². The average molecular weight is 282 g/mol. The predicted molar refractivity (Wildman–Crippen MR) is 75.9 cm³/mol. The van der Waals surface area contributed by atoms with E-state index in [0.717, 1.165) is 25.7 Å². The molecule has 0 aromatic heterocycles. The number of nitrogens with one attached hydrogen (secondary N) is 1. The molecular weight excluding hydrogens is 256 g/mol. The maximum absolute atomic E-state index is 12.6. The minimum absolute atomic E-state index is 0.0443. The Morgan fingerprint density at radius 1 is 1.25 bits per heavy atom. The smallest absolute Gasteiger partial charge is 0.248 e. The first-order valence-corrected chi connectivity index (χ1v) is 7.69. The van der Waals surface area contributed by atoms with Crippen molar-refractivity contribution in [2.45, 2.75) is 64.6 Å². The van der Waals surface area contributed by atoms with E-state index in [1.54, 1.807) is 6.92 Å². The van der Waals surface area contributed by atoms with Crippen LogP contribution in [0, 0.1) is 11.8 Å². The van der Waals surface area contributed by atoms with E-state index in [0.29, 0.717) is 12.5 Å². The maximum Gasteiger partial charge on any atom is 0.248 e. The molecule has 4 unspecified atom stereocenters. The molecule has 1 saturated heterocycles. The molecule has 2 fully saturated rings. The van der Waals surface area contributed by atoms with Crippen LogP contribution in [-0.2, 0) is 9.59 Å². The molecule has 1 heterocycles. The molecule has 2 amide bonds. The second-order valence-electron chi connectivity index (χ2n) is 6.51. The zero-order chi connectivity index (χ0) is 14.9. The van der Waals surface area contributed by atoms with E-state index in [2.05, 4.69) is 12.2 Å². The number of rotatable bonds is 4. The van der Waals surface area contributed by atoms with Gasteiger partial charge >= 0.3 is 0 Å². The van der Waals surface area contributed by atoms with Gasteiger partial charge in [-0.05, 0) is 45.4 Å². The highest BCUT2D eigenvalue weighted by molar-refractivity contribution is 5.90. The van der Waals surface area contributed by atoms with Gasteiger partial charge in [-0.15, -0.1) is 0 Å². The number of nitrogens with zero attached hydrogens (tertiary/aromatic N) is 1. The summed E-state index contributed by atoms with van der Waals surface area (Å²) in [6.07, 6.45) is 2.89. The van der Waals surface area contributed by atoms with Gasteiger partial charge in [0.1, 0.15) is 6.04 Å². The Balaban J connectivity index is 2.00. The van der Waals surface area contributed by atoms with Gasteiger partial charge in [-0.1, -0.05) is 6.92 Å². The molecule has 2 aliphatic rings. The van der Waals surface area contributed by atoms with Crippen molar-refractivity contribution in [2.24, 2.45) is 11.8 Å². The highest BCUT2D eigenvalue weighted by atomic mass is 16.3. The summed E-state index contributed by atoms with van der Waals surface area (Å²) < 4.78 is 0. The Kier molecular flexibility index (Phi) is 4.68. The summed E-state index contributed by atoms with van der Waals surface area (Å²) in [5.41, 5.74) is 0. The van der Waals surface area contributed by atoms with Crippen molar-refractivity contribution in [3.8, 4) is 0 Å².